The number of fused-ring (bicyclic) bond motifs is 3. The summed E-state index contributed by atoms with van der Waals surface area (Å²) < 4.78 is 41.3. The molecule has 0 spiro atoms. The van der Waals surface area contributed by atoms with Crippen molar-refractivity contribution in [1.29, 1.82) is 0 Å². The fourth-order valence-electron chi connectivity index (χ4n) is 2.93. The van der Waals surface area contributed by atoms with E-state index in [-0.39, 0.29) is 17.4 Å². The van der Waals surface area contributed by atoms with Crippen LogP contribution in [0.15, 0.2) is 18.2 Å². The number of halogens is 3. The molecule has 3 rings (SSSR count). The number of rotatable bonds is 1. The highest BCUT2D eigenvalue weighted by Gasteiger charge is 2.38. The van der Waals surface area contributed by atoms with Crippen LogP contribution in [-0.4, -0.2) is 31.9 Å². The fourth-order valence-corrected chi connectivity index (χ4v) is 2.93. The zero-order valence-electron chi connectivity index (χ0n) is 10.5. The van der Waals surface area contributed by atoms with Crippen LogP contribution in [0.3, 0.4) is 0 Å². The predicted molar refractivity (Wildman–Crippen MR) is 64.6 cm³/mol. The van der Waals surface area contributed by atoms with E-state index in [1.165, 1.54) is 12.1 Å². The smallest absolute Gasteiger partial charge is 0.405 e. The number of benzene rings is 1. The van der Waals surface area contributed by atoms with Gasteiger partial charge in [0.25, 0.3) is 5.91 Å². The standard InChI is InChI=1S/C13H13F3N2O2/c14-13(15,16)20-10-3-1-2-8-9-6-17-4-7(9)5-18-12(19)11(8)10/h1-3,7,9,17H,4-6H2,(H,18,19)/t7-,9?/m0/s1. The number of carbonyl (C=O) groups is 1. The van der Waals surface area contributed by atoms with E-state index < -0.39 is 18.0 Å². The lowest BCUT2D eigenvalue weighted by atomic mass is 9.87. The van der Waals surface area contributed by atoms with Gasteiger partial charge in [-0.3, -0.25) is 4.79 Å². The van der Waals surface area contributed by atoms with E-state index in [0.29, 0.717) is 18.7 Å². The van der Waals surface area contributed by atoms with Crippen molar-refractivity contribution in [2.45, 2.75) is 12.3 Å². The summed E-state index contributed by atoms with van der Waals surface area (Å²) in [5, 5.41) is 5.87. The van der Waals surface area contributed by atoms with E-state index in [1.807, 2.05) is 0 Å². The second-order valence-corrected chi connectivity index (χ2v) is 5.00. The van der Waals surface area contributed by atoms with Gasteiger partial charge in [0.05, 0.1) is 5.56 Å². The highest BCUT2D eigenvalue weighted by atomic mass is 19.4. The molecule has 2 N–H and O–H groups in total. The molecule has 2 aliphatic heterocycles. The molecule has 0 aromatic heterocycles. The van der Waals surface area contributed by atoms with Crippen LogP contribution in [0.25, 0.3) is 0 Å². The van der Waals surface area contributed by atoms with Crippen LogP contribution < -0.4 is 15.4 Å². The second-order valence-electron chi connectivity index (χ2n) is 5.00. The lowest BCUT2D eigenvalue weighted by Crippen LogP contribution is -2.29. The Hall–Kier alpha value is -1.76. The first-order valence-electron chi connectivity index (χ1n) is 6.33. The van der Waals surface area contributed by atoms with Gasteiger partial charge in [0.2, 0.25) is 0 Å². The van der Waals surface area contributed by atoms with Crippen LogP contribution in [0.4, 0.5) is 13.2 Å². The van der Waals surface area contributed by atoms with Crippen LogP contribution in [-0.2, 0) is 0 Å². The van der Waals surface area contributed by atoms with Gasteiger partial charge in [-0.25, -0.2) is 0 Å². The molecule has 1 fully saturated rings. The van der Waals surface area contributed by atoms with Crippen LogP contribution in [0.5, 0.6) is 5.75 Å². The molecule has 1 aromatic carbocycles. The van der Waals surface area contributed by atoms with Gasteiger partial charge in [0.1, 0.15) is 5.75 Å². The Balaban J connectivity index is 2.08. The quantitative estimate of drug-likeness (QED) is 0.825. The van der Waals surface area contributed by atoms with Crippen molar-refractivity contribution in [3.05, 3.63) is 29.3 Å². The zero-order chi connectivity index (χ0) is 14.3. The van der Waals surface area contributed by atoms with Crippen LogP contribution in [0, 0.1) is 5.92 Å². The molecule has 2 atom stereocenters. The van der Waals surface area contributed by atoms with Crippen molar-refractivity contribution in [3.63, 3.8) is 0 Å². The minimum Gasteiger partial charge on any atom is -0.405 e. The molecule has 20 heavy (non-hydrogen) atoms. The first kappa shape index (κ1) is 13.2. The molecule has 2 aliphatic rings. The molecule has 0 radical (unpaired) electrons. The average Bonchev–Trinajstić information content (AvgIpc) is 2.77. The summed E-state index contributed by atoms with van der Waals surface area (Å²) in [6.45, 7) is 1.85. The van der Waals surface area contributed by atoms with E-state index in [4.69, 9.17) is 0 Å². The van der Waals surface area contributed by atoms with E-state index in [1.54, 1.807) is 6.07 Å². The monoisotopic (exact) mass is 286 g/mol. The Bertz CT molecular complexity index is 545. The van der Waals surface area contributed by atoms with Crippen molar-refractivity contribution >= 4 is 5.91 Å². The Kier molecular flexibility index (Phi) is 3.08. The highest BCUT2D eigenvalue weighted by Crippen LogP contribution is 2.37. The van der Waals surface area contributed by atoms with Crippen LogP contribution in [0.2, 0.25) is 0 Å². The fraction of sp³-hybridized carbons (Fsp3) is 0.462. The zero-order valence-corrected chi connectivity index (χ0v) is 10.5. The van der Waals surface area contributed by atoms with Crippen molar-refractivity contribution < 1.29 is 22.7 Å². The predicted octanol–water partition coefficient (Wildman–Crippen LogP) is 1.63. The summed E-state index contributed by atoms with van der Waals surface area (Å²) in [6.07, 6.45) is -4.81. The summed E-state index contributed by atoms with van der Waals surface area (Å²) in [4.78, 5) is 12.1. The molecule has 0 saturated carbocycles. The van der Waals surface area contributed by atoms with Crippen LogP contribution >= 0.6 is 0 Å². The van der Waals surface area contributed by atoms with Gasteiger partial charge in [0, 0.05) is 25.6 Å². The van der Waals surface area contributed by atoms with Gasteiger partial charge >= 0.3 is 6.36 Å². The Morgan fingerprint density at radius 3 is 2.75 bits per heavy atom. The molecule has 1 aromatic rings. The van der Waals surface area contributed by atoms with Gasteiger partial charge in [-0.05, 0) is 17.5 Å². The normalized spacial score (nSPS) is 25.4. The maximum absolute atomic E-state index is 12.4. The minimum atomic E-state index is -4.81. The molecule has 7 heteroatoms. The molecule has 108 valence electrons. The third-order valence-corrected chi connectivity index (χ3v) is 3.78. The van der Waals surface area contributed by atoms with E-state index in [9.17, 15) is 18.0 Å². The minimum absolute atomic E-state index is 0.000949. The first-order chi connectivity index (χ1) is 9.46. The molecule has 4 nitrogen and oxygen atoms in total. The lowest BCUT2D eigenvalue weighted by Gasteiger charge is -2.18. The number of alkyl halides is 3. The molecule has 1 amide bonds. The molecule has 0 bridgehead atoms. The SMILES string of the molecule is O=C1NC[C@@H]2CNCC2c2cccc(OC(F)(F)F)c21. The number of carbonyl (C=O) groups excluding carboxylic acids is 1. The summed E-state index contributed by atoms with van der Waals surface area (Å²) in [7, 11) is 0. The summed E-state index contributed by atoms with van der Waals surface area (Å²) >= 11 is 0. The summed E-state index contributed by atoms with van der Waals surface area (Å²) in [6, 6.07) is 4.37. The number of nitrogens with one attached hydrogen (secondary N) is 2. The Morgan fingerprint density at radius 2 is 2.00 bits per heavy atom. The van der Waals surface area contributed by atoms with Crippen LogP contribution in [0.1, 0.15) is 21.8 Å². The third kappa shape index (κ3) is 2.33. The first-order valence-corrected chi connectivity index (χ1v) is 6.33. The van der Waals surface area contributed by atoms with E-state index >= 15 is 0 Å². The molecule has 1 saturated heterocycles. The number of hydrogen-bond donors (Lipinski definition) is 2. The van der Waals surface area contributed by atoms with E-state index in [0.717, 1.165) is 6.54 Å². The summed E-state index contributed by atoms with van der Waals surface area (Å²) in [5.41, 5.74) is 0.623. The van der Waals surface area contributed by atoms with Gasteiger partial charge in [0.15, 0.2) is 0 Å². The van der Waals surface area contributed by atoms with Crippen molar-refractivity contribution in [2.75, 3.05) is 19.6 Å². The van der Waals surface area contributed by atoms with E-state index in [2.05, 4.69) is 15.4 Å². The second kappa shape index (κ2) is 4.66. The molecular weight excluding hydrogens is 273 g/mol. The molecule has 2 heterocycles. The number of ether oxygens (including phenoxy) is 1. The lowest BCUT2D eigenvalue weighted by molar-refractivity contribution is -0.274. The average molecular weight is 286 g/mol. The highest BCUT2D eigenvalue weighted by molar-refractivity contribution is 5.99. The molecule has 1 unspecified atom stereocenters. The maximum Gasteiger partial charge on any atom is 0.573 e. The van der Waals surface area contributed by atoms with Crippen molar-refractivity contribution in [1.82, 2.24) is 10.6 Å². The maximum atomic E-state index is 12.4. The van der Waals surface area contributed by atoms with Crippen molar-refractivity contribution in [2.24, 2.45) is 5.92 Å². The molecule has 0 aliphatic carbocycles. The Morgan fingerprint density at radius 1 is 1.20 bits per heavy atom. The largest absolute Gasteiger partial charge is 0.573 e. The topological polar surface area (TPSA) is 50.4 Å². The van der Waals surface area contributed by atoms with Crippen molar-refractivity contribution in [3.8, 4) is 5.75 Å². The third-order valence-electron chi connectivity index (χ3n) is 3.78. The number of hydrogen-bond acceptors (Lipinski definition) is 3. The van der Waals surface area contributed by atoms with Gasteiger partial charge in [-0.15, -0.1) is 13.2 Å². The van der Waals surface area contributed by atoms with Gasteiger partial charge in [-0.1, -0.05) is 12.1 Å². The van der Waals surface area contributed by atoms with Gasteiger partial charge < -0.3 is 15.4 Å². The molecular formula is C13H13F3N2O2. The Labute approximate surface area is 113 Å². The number of amides is 1. The van der Waals surface area contributed by atoms with Gasteiger partial charge in [-0.2, -0.15) is 0 Å². The summed E-state index contributed by atoms with van der Waals surface area (Å²) in [5.74, 6) is -0.712.